The van der Waals surface area contributed by atoms with E-state index in [-0.39, 0.29) is 5.70 Å². The van der Waals surface area contributed by atoms with E-state index in [1.54, 1.807) is 131 Å². The zero-order valence-corrected chi connectivity index (χ0v) is 48.6. The van der Waals surface area contributed by atoms with E-state index in [1.165, 1.54) is 30.8 Å². The maximum Gasteiger partial charge on any atom is 0.352 e. The molecule has 0 fully saturated rings. The number of nitrogens with one attached hydrogen (secondary N) is 1. The van der Waals surface area contributed by atoms with Crippen molar-refractivity contribution < 1.29 is 14.7 Å². The molecular formula is C11H11NO3S33. The number of aliphatic carboxylic acids is 1. The second kappa shape index (κ2) is 44.9. The van der Waals surface area contributed by atoms with Gasteiger partial charge in [-0.15, -0.1) is 0 Å². The monoisotopic (exact) mass is 1260 g/mol. The number of amides is 1. The first-order valence-electron chi connectivity index (χ1n) is 9.70. The van der Waals surface area contributed by atoms with Gasteiger partial charge in [-0.2, -0.15) is 0 Å². The van der Waals surface area contributed by atoms with Crippen LogP contribution in [0.25, 0.3) is 6.08 Å². The van der Waals surface area contributed by atoms with Crippen molar-refractivity contribution in [2.45, 2.75) is 6.92 Å². The first-order chi connectivity index (χ1) is 23.5. The minimum atomic E-state index is -1.16. The van der Waals surface area contributed by atoms with Gasteiger partial charge in [-0.3, -0.25) is 4.79 Å². The summed E-state index contributed by atoms with van der Waals surface area (Å²) in [6, 6.07) is 8.92. The van der Waals surface area contributed by atoms with Gasteiger partial charge in [0, 0.05) is 305 Å². The number of hydrogen-bond acceptors (Lipinski definition) is 4. The van der Waals surface area contributed by atoms with Crippen molar-refractivity contribution in [3.63, 3.8) is 0 Å². The number of carboxylic acids is 1. The van der Waals surface area contributed by atoms with Crippen molar-refractivity contribution in [2.24, 2.45) is 0 Å². The van der Waals surface area contributed by atoms with Crippen LogP contribution in [0.2, 0.25) is 0 Å². The lowest BCUT2D eigenvalue weighted by Gasteiger charge is -2.02. The molecule has 0 radical (unpaired) electrons. The molecule has 2 N–H and O–H groups in total. The van der Waals surface area contributed by atoms with E-state index in [0.29, 0.717) is 0 Å². The summed E-state index contributed by atoms with van der Waals surface area (Å²) in [6.45, 7) is 1.27. The Morgan fingerprint density at radius 1 is 0.500 bits per heavy atom. The van der Waals surface area contributed by atoms with Gasteiger partial charge in [0.25, 0.3) is 0 Å². The van der Waals surface area contributed by atoms with Crippen LogP contribution in [-0.4, -0.2) is 17.0 Å². The molecule has 37 heteroatoms. The van der Waals surface area contributed by atoms with Gasteiger partial charge in [-0.05, 0) is 11.6 Å². The average molecular weight is 1260 g/mol. The van der Waals surface area contributed by atoms with Gasteiger partial charge in [0.15, 0.2) is 0 Å². The van der Waals surface area contributed by atoms with E-state index < -0.39 is 11.9 Å². The molecule has 1 aromatic carbocycles. The Bertz CT molecular complexity index is 2600. The van der Waals surface area contributed by atoms with Crippen LogP contribution in [0.5, 0.6) is 0 Å². The van der Waals surface area contributed by atoms with Gasteiger partial charge in [0.05, 0.1) is 0 Å². The van der Waals surface area contributed by atoms with E-state index >= 15 is 0 Å². The van der Waals surface area contributed by atoms with Gasteiger partial charge < -0.3 is 10.4 Å². The number of rotatable bonds is 3. The van der Waals surface area contributed by atoms with E-state index in [0.717, 1.165) is 5.56 Å². The van der Waals surface area contributed by atoms with E-state index in [1.807, 2.05) is 157 Å². The van der Waals surface area contributed by atoms with Crippen molar-refractivity contribution in [3.8, 4) is 0 Å². The van der Waals surface area contributed by atoms with Crippen LogP contribution in [0.4, 0.5) is 0 Å². The Labute approximate surface area is 375 Å². The third-order valence-electron chi connectivity index (χ3n) is 2.49. The highest BCUT2D eigenvalue weighted by Gasteiger charge is 2.08. The molecule has 4 nitrogen and oxygen atoms in total. The second-order valence-electron chi connectivity index (χ2n) is 5.06. The summed E-state index contributed by atoms with van der Waals surface area (Å²) in [5.41, 5.74) is 0.595. The minimum Gasteiger partial charge on any atom is -0.477 e. The van der Waals surface area contributed by atoms with Gasteiger partial charge in [-0.25, -0.2) is 4.79 Å². The van der Waals surface area contributed by atoms with Crippen LogP contribution >= 0.6 is 0 Å². The third kappa shape index (κ3) is 42.3. The maximum absolute atomic E-state index is 10.8. The largest absolute Gasteiger partial charge is 0.477 e. The summed E-state index contributed by atoms with van der Waals surface area (Å²) in [5, 5.41) is 11.1. The zero-order valence-electron chi connectivity index (χ0n) is 21.7. The molecule has 0 atom stereocenters. The molecule has 276 valence electrons. The first kappa shape index (κ1) is 53.2. The van der Waals surface area contributed by atoms with Crippen molar-refractivity contribution in [1.29, 1.82) is 0 Å². The molecule has 0 heterocycles. The summed E-state index contributed by atoms with van der Waals surface area (Å²) in [6.07, 6.45) is 1.41. The van der Waals surface area contributed by atoms with E-state index in [9.17, 15) is 9.59 Å². The van der Waals surface area contributed by atoms with Crippen LogP contribution in [0.15, 0.2) is 36.0 Å². The molecular weight excluding hydrogens is 1250 g/mol. The van der Waals surface area contributed by atoms with Crippen LogP contribution < -0.4 is 5.32 Å². The number of carbonyl (C=O) groups is 2. The fourth-order valence-electron chi connectivity index (χ4n) is 1.39. The van der Waals surface area contributed by atoms with Gasteiger partial charge >= 0.3 is 5.97 Å². The summed E-state index contributed by atoms with van der Waals surface area (Å²) < 4.78 is 0. The predicted octanol–water partition coefficient (Wildman–Crippen LogP) is 1.17. The molecule has 0 aliphatic carbocycles. The van der Waals surface area contributed by atoms with Crippen molar-refractivity contribution >= 4 is 316 Å². The highest BCUT2D eigenvalue weighted by atomic mass is 33.5. The van der Waals surface area contributed by atoms with Crippen LogP contribution in [0.3, 0.4) is 0 Å². The highest BCUT2D eigenvalue weighted by molar-refractivity contribution is 8.80. The lowest BCUT2D eigenvalue weighted by atomic mass is 10.2. The van der Waals surface area contributed by atoms with Gasteiger partial charge in [0.1, 0.15) is 5.70 Å². The molecule has 0 aromatic heterocycles. The molecule has 0 saturated carbocycles. The summed E-state index contributed by atoms with van der Waals surface area (Å²) >= 11 is 9.59. The first-order valence-corrected chi connectivity index (χ1v) is 52.4. The fraction of sp³-hybridized carbons (Fsp3) is 0.0909. The minimum absolute atomic E-state index is 0.131. The average Bonchev–Trinajstić information content (AvgIpc) is 3.08. The standard InChI is InChI=1S/C11H11NO3.S33/c1-8(13)12-10(11(14)15)7-9-5-3-2-4-6-9;1-3-5-7-9-11-13-15-17-19-21-23-25-27-29-31-33-32-30-28-26-24-22-20-18-16-14-12-10-8-6-4-2/h2-7H,1H3,(H,12,13)(H,14,15);/b10-7-;. The Morgan fingerprint density at radius 3 is 0.958 bits per heavy atom. The van der Waals surface area contributed by atoms with Crippen molar-refractivity contribution in [1.82, 2.24) is 5.32 Å². The van der Waals surface area contributed by atoms with Crippen molar-refractivity contribution in [2.75, 3.05) is 0 Å². The smallest absolute Gasteiger partial charge is 0.352 e. The maximum atomic E-state index is 10.8. The Morgan fingerprint density at radius 2 is 0.750 bits per heavy atom. The fourth-order valence-corrected chi connectivity index (χ4v) is 81.0. The second-order valence-corrected chi connectivity index (χ2v) is 59.9. The molecule has 0 aliphatic heterocycles. The summed E-state index contributed by atoms with van der Waals surface area (Å²) in [5.74, 6) is -1.56. The molecule has 1 rings (SSSR count). The van der Waals surface area contributed by atoms with E-state index in [2.05, 4.69) is 5.32 Å². The number of benzene rings is 1. The summed E-state index contributed by atoms with van der Waals surface area (Å²) in [4.78, 5) is 21.5. The quantitative estimate of drug-likeness (QED) is 0.446. The molecule has 0 unspecified atom stereocenters. The number of carboxylic acid groups (broad SMARTS) is 1. The molecule has 0 bridgehead atoms. The molecule has 0 aliphatic rings. The Kier molecular flexibility index (Phi) is 49.7. The molecule has 0 saturated heterocycles. The normalized spacial score (nSPS) is 8.65. The van der Waals surface area contributed by atoms with Crippen LogP contribution in [0.1, 0.15) is 12.5 Å². The van der Waals surface area contributed by atoms with E-state index in [4.69, 9.17) is 27.5 Å². The number of hydrogen-bond donors (Lipinski definition) is 2. The predicted molar refractivity (Wildman–Crippen MR) is 299 cm³/mol. The lowest BCUT2D eigenvalue weighted by Crippen LogP contribution is -2.24. The topological polar surface area (TPSA) is 66.4 Å². The molecule has 0 spiro atoms. The van der Waals surface area contributed by atoms with Crippen LogP contribution in [-0.2, 0) is 307 Å². The van der Waals surface area contributed by atoms with Gasteiger partial charge in [-0.1, -0.05) is 30.3 Å². The molecule has 1 amide bonds. The SMILES string of the molecule is CC(=O)N/C(=C\c1ccccc1)C(=O)O.S=S=S=S=S=S=S=S=S=S=S=S=S=S=S=S=S=S=S=S=S=S=S=S=S=S=S=S=S=S=S=S=S. The molecule has 1 aromatic rings. The summed E-state index contributed by atoms with van der Waals surface area (Å²) in [7, 11) is 54.6. The third-order valence-corrected chi connectivity index (χ3v) is 69.2. The van der Waals surface area contributed by atoms with Crippen molar-refractivity contribution in [3.05, 3.63) is 41.6 Å². The Hall–Kier alpha value is 5.16. The van der Waals surface area contributed by atoms with Gasteiger partial charge in [0.2, 0.25) is 5.91 Å². The molecule has 48 heavy (non-hydrogen) atoms. The lowest BCUT2D eigenvalue weighted by molar-refractivity contribution is -0.134. The number of carbonyl (C=O) groups excluding carboxylic acids is 1. The highest BCUT2D eigenvalue weighted by Crippen LogP contribution is 2.04. The van der Waals surface area contributed by atoms with Crippen LogP contribution in [0, 0.1) is 0 Å². The Balaban J connectivity index is 0.00000122. The zero-order chi connectivity index (χ0) is 35.2.